The third-order valence-electron chi connectivity index (χ3n) is 7.28. The summed E-state index contributed by atoms with van der Waals surface area (Å²) in [6.45, 7) is 2.28. The van der Waals surface area contributed by atoms with Crippen LogP contribution in [0.25, 0.3) is 22.6 Å². The fourth-order valence-corrected chi connectivity index (χ4v) is 4.89. The van der Waals surface area contributed by atoms with Gasteiger partial charge in [0.05, 0.1) is 18.4 Å². The van der Waals surface area contributed by atoms with E-state index >= 15 is 0 Å². The standard InChI is InChI=1S/C30H32N12O4/c1-16-7-12-20(21(13-16)26-38-40-41-39-26)23(43)6-4-3-5-22(29(45)46)35-28(44)17-8-10-19(11-9-17)42(2)15-18-14-33-27-24(34-18)25(31)36-30(32)37-27/h7-14,22H,3-6,15H2,1-2H3,(H,35,44)(H,45,46)(H,38,39,40,41)(H4,31,32,33,36,37)/t22-/m0/s1. The largest absolute Gasteiger partial charge is 0.480 e. The number of nitrogen functional groups attached to an aromatic ring is 2. The number of tetrazole rings is 1. The third kappa shape index (κ3) is 7.35. The number of anilines is 3. The van der Waals surface area contributed by atoms with Crippen LogP contribution in [-0.2, 0) is 11.3 Å². The Morgan fingerprint density at radius 3 is 2.54 bits per heavy atom. The van der Waals surface area contributed by atoms with Gasteiger partial charge in [0.15, 0.2) is 22.8 Å². The second-order valence-electron chi connectivity index (χ2n) is 10.7. The number of fused-ring (bicyclic) bond motifs is 1. The molecule has 0 aliphatic rings. The van der Waals surface area contributed by atoms with Gasteiger partial charge in [-0.1, -0.05) is 24.1 Å². The van der Waals surface area contributed by atoms with E-state index in [4.69, 9.17) is 11.5 Å². The number of aryl methyl sites for hydroxylation is 1. The summed E-state index contributed by atoms with van der Waals surface area (Å²) in [7, 11) is 1.85. The number of hydrogen-bond acceptors (Lipinski definition) is 13. The van der Waals surface area contributed by atoms with Crippen LogP contribution < -0.4 is 21.7 Å². The number of nitrogens with zero attached hydrogens (tertiary/aromatic N) is 8. The predicted molar refractivity (Wildman–Crippen MR) is 169 cm³/mol. The number of H-pyrrole nitrogens is 1. The van der Waals surface area contributed by atoms with Crippen molar-refractivity contribution < 1.29 is 19.5 Å². The van der Waals surface area contributed by atoms with Crippen LogP contribution in [-0.4, -0.2) is 76.4 Å². The first-order chi connectivity index (χ1) is 22.1. The summed E-state index contributed by atoms with van der Waals surface area (Å²) in [6, 6.07) is 11.0. The SMILES string of the molecule is Cc1ccc(C(=O)CCCC[C@H](NC(=O)c2ccc(N(C)Cc3cnc4nc(N)nc(N)c4n3)cc2)C(=O)O)c(-c2nn[nH]n2)c1. The maximum atomic E-state index is 13.0. The molecule has 0 saturated heterocycles. The number of aliphatic carboxylic acids is 1. The zero-order valence-electron chi connectivity index (χ0n) is 25.1. The highest BCUT2D eigenvalue weighted by Gasteiger charge is 2.22. The van der Waals surface area contributed by atoms with E-state index in [2.05, 4.69) is 45.9 Å². The van der Waals surface area contributed by atoms with E-state index in [1.165, 1.54) is 0 Å². The Bertz CT molecular complexity index is 1880. The van der Waals surface area contributed by atoms with Crippen LogP contribution >= 0.6 is 0 Å². The molecule has 1 atom stereocenters. The highest BCUT2D eigenvalue weighted by molar-refractivity contribution is 6.01. The molecule has 5 aromatic rings. The first-order valence-corrected chi connectivity index (χ1v) is 14.4. The maximum absolute atomic E-state index is 13.0. The van der Waals surface area contributed by atoms with Gasteiger partial charge in [-0.15, -0.1) is 10.2 Å². The van der Waals surface area contributed by atoms with Crippen LogP contribution in [0.5, 0.6) is 0 Å². The molecule has 0 aliphatic carbocycles. The number of carboxylic acid groups (broad SMARTS) is 1. The molecule has 16 nitrogen and oxygen atoms in total. The number of nitrogens with one attached hydrogen (secondary N) is 2. The number of nitrogens with two attached hydrogens (primary N) is 2. The van der Waals surface area contributed by atoms with E-state index in [0.29, 0.717) is 58.8 Å². The van der Waals surface area contributed by atoms with Gasteiger partial charge in [0.1, 0.15) is 6.04 Å². The average molecular weight is 625 g/mol. The van der Waals surface area contributed by atoms with Gasteiger partial charge in [-0.2, -0.15) is 15.2 Å². The first-order valence-electron chi connectivity index (χ1n) is 14.4. The molecule has 0 spiro atoms. The Morgan fingerprint density at radius 2 is 1.83 bits per heavy atom. The number of hydrogen-bond donors (Lipinski definition) is 5. The lowest BCUT2D eigenvalue weighted by molar-refractivity contribution is -0.139. The monoisotopic (exact) mass is 624 g/mol. The van der Waals surface area contributed by atoms with Gasteiger partial charge in [-0.3, -0.25) is 9.59 Å². The van der Waals surface area contributed by atoms with Crippen LogP contribution in [0.15, 0.2) is 48.7 Å². The second-order valence-corrected chi connectivity index (χ2v) is 10.7. The summed E-state index contributed by atoms with van der Waals surface area (Å²) < 4.78 is 0. The number of amides is 1. The third-order valence-corrected chi connectivity index (χ3v) is 7.28. The number of carboxylic acids is 1. The fourth-order valence-electron chi connectivity index (χ4n) is 4.89. The normalized spacial score (nSPS) is 11.7. The lowest BCUT2D eigenvalue weighted by Gasteiger charge is -2.19. The molecule has 0 bridgehead atoms. The number of Topliss-reactive ketones (excluding diaryl/α,β-unsaturated/α-hetero) is 1. The van der Waals surface area contributed by atoms with Gasteiger partial charge in [-0.05, 0) is 55.3 Å². The van der Waals surface area contributed by atoms with Crippen LogP contribution in [0.1, 0.15) is 57.7 Å². The molecule has 0 unspecified atom stereocenters. The summed E-state index contributed by atoms with van der Waals surface area (Å²) in [5, 5.41) is 26.3. The van der Waals surface area contributed by atoms with Gasteiger partial charge in [-0.25, -0.2) is 14.8 Å². The van der Waals surface area contributed by atoms with Gasteiger partial charge < -0.3 is 26.8 Å². The Kier molecular flexibility index (Phi) is 9.35. The summed E-state index contributed by atoms with van der Waals surface area (Å²) in [6.07, 6.45) is 2.79. The zero-order chi connectivity index (χ0) is 32.8. The molecule has 3 aromatic heterocycles. The molecule has 16 heteroatoms. The minimum Gasteiger partial charge on any atom is -0.480 e. The van der Waals surface area contributed by atoms with Crippen LogP contribution in [0.3, 0.4) is 0 Å². The summed E-state index contributed by atoms with van der Waals surface area (Å²) >= 11 is 0. The Morgan fingerprint density at radius 1 is 1.04 bits per heavy atom. The zero-order valence-corrected chi connectivity index (χ0v) is 25.1. The number of ketones is 1. The van der Waals surface area contributed by atoms with Crippen molar-refractivity contribution in [3.05, 3.63) is 71.0 Å². The van der Waals surface area contributed by atoms with Crippen molar-refractivity contribution in [2.45, 2.75) is 45.2 Å². The second kappa shape index (κ2) is 13.7. The minimum atomic E-state index is -1.15. The lowest BCUT2D eigenvalue weighted by Crippen LogP contribution is -2.40. The molecule has 1 amide bonds. The van der Waals surface area contributed by atoms with Crippen LogP contribution in [0.4, 0.5) is 17.5 Å². The Balaban J connectivity index is 1.14. The molecule has 46 heavy (non-hydrogen) atoms. The van der Waals surface area contributed by atoms with Crippen molar-refractivity contribution in [3.63, 3.8) is 0 Å². The Hall–Kier alpha value is -6.06. The number of rotatable bonds is 13. The molecular weight excluding hydrogens is 592 g/mol. The van der Waals surface area contributed by atoms with Crippen LogP contribution in [0.2, 0.25) is 0 Å². The molecular formula is C30H32N12O4. The molecule has 236 valence electrons. The number of carbonyl (C=O) groups excluding carboxylic acids is 2. The molecule has 2 aromatic carbocycles. The lowest BCUT2D eigenvalue weighted by atomic mass is 9.97. The predicted octanol–water partition coefficient (Wildman–Crippen LogP) is 2.34. The number of unbranched alkanes of at least 4 members (excludes halogenated alkanes) is 1. The van der Waals surface area contributed by atoms with E-state index in [-0.39, 0.29) is 30.4 Å². The van der Waals surface area contributed by atoms with Crippen molar-refractivity contribution in [2.75, 3.05) is 23.4 Å². The van der Waals surface area contributed by atoms with E-state index in [9.17, 15) is 19.5 Å². The summed E-state index contributed by atoms with van der Waals surface area (Å²) in [5.41, 5.74) is 15.9. The Labute approximate surface area is 262 Å². The topological polar surface area (TPSA) is 245 Å². The van der Waals surface area contributed by atoms with Gasteiger partial charge in [0, 0.05) is 35.8 Å². The van der Waals surface area contributed by atoms with Gasteiger partial charge in [0.25, 0.3) is 5.91 Å². The molecule has 0 fully saturated rings. The maximum Gasteiger partial charge on any atom is 0.326 e. The fraction of sp³-hybridized carbons (Fsp3) is 0.267. The summed E-state index contributed by atoms with van der Waals surface area (Å²) in [5.74, 6) is -1.30. The quantitative estimate of drug-likeness (QED) is 0.0932. The highest BCUT2D eigenvalue weighted by atomic mass is 16.4. The van der Waals surface area contributed by atoms with Crippen molar-refractivity contribution in [3.8, 4) is 11.4 Å². The van der Waals surface area contributed by atoms with Crippen molar-refractivity contribution >= 4 is 46.3 Å². The van der Waals surface area contributed by atoms with Crippen molar-refractivity contribution in [1.29, 1.82) is 0 Å². The van der Waals surface area contributed by atoms with E-state index < -0.39 is 17.9 Å². The van der Waals surface area contributed by atoms with E-state index in [1.54, 1.807) is 36.5 Å². The molecule has 0 saturated carbocycles. The van der Waals surface area contributed by atoms with E-state index in [1.807, 2.05) is 31.0 Å². The minimum absolute atomic E-state index is 0.0188. The average Bonchev–Trinajstić information content (AvgIpc) is 3.57. The molecule has 3 heterocycles. The number of aromatic amines is 1. The number of aromatic nitrogens is 8. The van der Waals surface area contributed by atoms with Gasteiger partial charge in [0.2, 0.25) is 11.8 Å². The number of carbonyl (C=O) groups is 3. The summed E-state index contributed by atoms with van der Waals surface area (Å²) in [4.78, 5) is 56.4. The molecule has 0 aliphatic heterocycles. The van der Waals surface area contributed by atoms with E-state index in [0.717, 1.165) is 11.3 Å². The van der Waals surface area contributed by atoms with Gasteiger partial charge >= 0.3 is 5.97 Å². The number of benzene rings is 2. The first kappa shape index (κ1) is 31.4. The highest BCUT2D eigenvalue weighted by Crippen LogP contribution is 2.24. The molecule has 5 rings (SSSR count). The molecule has 0 radical (unpaired) electrons. The molecule has 7 N–H and O–H groups in total. The van der Waals surface area contributed by atoms with Crippen molar-refractivity contribution in [1.82, 2.24) is 45.9 Å². The van der Waals surface area contributed by atoms with Crippen LogP contribution in [0, 0.1) is 6.92 Å². The van der Waals surface area contributed by atoms with Crippen molar-refractivity contribution in [2.24, 2.45) is 0 Å². The smallest absolute Gasteiger partial charge is 0.326 e.